The molecule has 10 nitrogen and oxygen atoms in total. The van der Waals surface area contributed by atoms with Crippen LogP contribution in [0.15, 0.2) is 51.9 Å². The highest BCUT2D eigenvalue weighted by atomic mass is 79.9. The second-order valence-corrected chi connectivity index (χ2v) is 6.60. The quantitative estimate of drug-likeness (QED) is 0.413. The summed E-state index contributed by atoms with van der Waals surface area (Å²) >= 11 is 6.11. The zero-order valence-corrected chi connectivity index (χ0v) is 17.2. The minimum absolute atomic E-state index is 0.0827. The maximum atomic E-state index is 11.9. The van der Waals surface area contributed by atoms with E-state index >= 15 is 0 Å². The first-order valence-corrected chi connectivity index (χ1v) is 9.02. The van der Waals surface area contributed by atoms with E-state index in [-0.39, 0.29) is 28.9 Å². The van der Waals surface area contributed by atoms with Crippen LogP contribution >= 0.6 is 31.9 Å². The summed E-state index contributed by atoms with van der Waals surface area (Å²) < 4.78 is 0.814. The molecule has 12 heteroatoms. The molecule has 0 radical (unpaired) electrons. The third-order valence-corrected chi connectivity index (χ3v) is 3.76. The molecule has 6 N–H and O–H groups in total. The van der Waals surface area contributed by atoms with Crippen molar-refractivity contribution in [2.45, 2.75) is 0 Å². The number of carbonyl (C=O) groups excluding carboxylic acids is 1. The molecule has 3 rings (SSSR count). The minimum Gasteiger partial charge on any atom is -0.476 e. The number of nitrogens with two attached hydrogens (primary N) is 2. The van der Waals surface area contributed by atoms with Crippen LogP contribution in [0.1, 0.15) is 21.0 Å². The first-order chi connectivity index (χ1) is 13.3. The highest BCUT2D eigenvalue weighted by Gasteiger charge is 2.13. The Morgan fingerprint density at radius 1 is 0.893 bits per heavy atom. The summed E-state index contributed by atoms with van der Waals surface area (Å²) in [6, 6.07) is 9.07. The Bertz CT molecular complexity index is 1000. The standard InChI is InChI=1S/C11H9BrN4O.C5H4BrN3O2/c12-8-6-14-10(13)9(16-8)11(17)15-7-4-2-1-3-5-7;6-2-1-8-4(7)3(9-2)5(10)11/h1-6H,(H2,13,14)(H,15,17);1H,(H2,7,8)(H,10,11). The molecular weight excluding hydrogens is 498 g/mol. The van der Waals surface area contributed by atoms with Crippen molar-refractivity contribution in [1.29, 1.82) is 0 Å². The first-order valence-electron chi connectivity index (χ1n) is 7.43. The van der Waals surface area contributed by atoms with E-state index in [4.69, 9.17) is 16.6 Å². The summed E-state index contributed by atoms with van der Waals surface area (Å²) in [6.07, 6.45) is 2.77. The monoisotopic (exact) mass is 509 g/mol. The summed E-state index contributed by atoms with van der Waals surface area (Å²) in [7, 11) is 0. The summed E-state index contributed by atoms with van der Waals surface area (Å²) in [4.78, 5) is 37.3. The molecule has 0 spiro atoms. The van der Waals surface area contributed by atoms with Crippen molar-refractivity contribution >= 4 is 61.1 Å². The van der Waals surface area contributed by atoms with Gasteiger partial charge in [-0.05, 0) is 44.0 Å². The van der Waals surface area contributed by atoms with Gasteiger partial charge >= 0.3 is 5.97 Å². The van der Waals surface area contributed by atoms with E-state index in [0.29, 0.717) is 14.9 Å². The number of rotatable bonds is 3. The molecule has 0 saturated carbocycles. The van der Waals surface area contributed by atoms with Crippen LogP contribution in [-0.4, -0.2) is 36.9 Å². The lowest BCUT2D eigenvalue weighted by Crippen LogP contribution is -2.16. The topological polar surface area (TPSA) is 170 Å². The van der Waals surface area contributed by atoms with Crippen molar-refractivity contribution in [2.75, 3.05) is 16.8 Å². The molecule has 2 aromatic heterocycles. The molecular formula is C16H13Br2N7O3. The van der Waals surface area contributed by atoms with Gasteiger partial charge in [0.15, 0.2) is 23.0 Å². The third kappa shape index (κ3) is 5.96. The molecule has 1 aromatic carbocycles. The van der Waals surface area contributed by atoms with Gasteiger partial charge < -0.3 is 21.9 Å². The number of carboxylic acid groups (broad SMARTS) is 1. The van der Waals surface area contributed by atoms with E-state index in [1.54, 1.807) is 12.1 Å². The van der Waals surface area contributed by atoms with Crippen LogP contribution in [0.2, 0.25) is 0 Å². The summed E-state index contributed by atoms with van der Waals surface area (Å²) in [6.45, 7) is 0. The van der Waals surface area contributed by atoms with Gasteiger partial charge in [0.05, 0.1) is 12.4 Å². The van der Waals surface area contributed by atoms with Crippen molar-refractivity contribution in [3.63, 3.8) is 0 Å². The number of hydrogen-bond donors (Lipinski definition) is 4. The number of nitrogens with one attached hydrogen (secondary N) is 1. The molecule has 0 aliphatic rings. The molecule has 28 heavy (non-hydrogen) atoms. The van der Waals surface area contributed by atoms with Gasteiger partial charge in [0.2, 0.25) is 0 Å². The SMILES string of the molecule is Nc1ncc(Br)nc1C(=O)Nc1ccccc1.Nc1ncc(Br)nc1C(=O)O. The van der Waals surface area contributed by atoms with Gasteiger partial charge in [0.25, 0.3) is 5.91 Å². The Morgan fingerprint density at radius 3 is 1.89 bits per heavy atom. The van der Waals surface area contributed by atoms with Crippen molar-refractivity contribution in [3.8, 4) is 0 Å². The summed E-state index contributed by atoms with van der Waals surface area (Å²) in [5.41, 5.74) is 11.3. The summed E-state index contributed by atoms with van der Waals surface area (Å²) in [5, 5.41) is 11.2. The van der Waals surface area contributed by atoms with Crippen LogP contribution in [0, 0.1) is 0 Å². The van der Waals surface area contributed by atoms with Crippen LogP contribution in [0.3, 0.4) is 0 Å². The van der Waals surface area contributed by atoms with Crippen molar-refractivity contribution < 1.29 is 14.7 Å². The second-order valence-electron chi connectivity index (χ2n) is 4.98. The fourth-order valence-electron chi connectivity index (χ4n) is 1.79. The van der Waals surface area contributed by atoms with Crippen LogP contribution in [-0.2, 0) is 0 Å². The van der Waals surface area contributed by atoms with Gasteiger partial charge in [0.1, 0.15) is 9.21 Å². The second kappa shape index (κ2) is 9.71. The number of halogens is 2. The smallest absolute Gasteiger partial charge is 0.358 e. The molecule has 0 saturated heterocycles. The normalized spacial score (nSPS) is 9.79. The predicted octanol–water partition coefficient (Wildman–Crippen LogP) is 2.59. The lowest BCUT2D eigenvalue weighted by molar-refractivity contribution is 0.0691. The number of nitrogen functional groups attached to an aromatic ring is 2. The number of nitrogens with zero attached hydrogens (tertiary/aromatic N) is 4. The van der Waals surface area contributed by atoms with Gasteiger partial charge in [-0.15, -0.1) is 0 Å². The van der Waals surface area contributed by atoms with Crippen molar-refractivity contribution in [2.24, 2.45) is 0 Å². The van der Waals surface area contributed by atoms with E-state index in [0.717, 1.165) is 0 Å². The number of anilines is 3. The van der Waals surface area contributed by atoms with Gasteiger partial charge in [-0.2, -0.15) is 0 Å². The van der Waals surface area contributed by atoms with Crippen molar-refractivity contribution in [1.82, 2.24) is 19.9 Å². The molecule has 0 aliphatic carbocycles. The zero-order chi connectivity index (χ0) is 20.7. The fourth-order valence-corrected chi connectivity index (χ4v) is 2.35. The number of amides is 1. The van der Waals surface area contributed by atoms with E-state index in [1.807, 2.05) is 18.2 Å². The molecule has 3 aromatic rings. The largest absolute Gasteiger partial charge is 0.476 e. The number of carboxylic acids is 1. The highest BCUT2D eigenvalue weighted by molar-refractivity contribution is 9.10. The highest BCUT2D eigenvalue weighted by Crippen LogP contribution is 2.13. The first kappa shape index (κ1) is 21.2. The third-order valence-electron chi connectivity index (χ3n) is 2.99. The van der Waals surface area contributed by atoms with Crippen LogP contribution in [0.4, 0.5) is 17.3 Å². The van der Waals surface area contributed by atoms with E-state index in [1.165, 1.54) is 12.4 Å². The van der Waals surface area contributed by atoms with Crippen LogP contribution < -0.4 is 16.8 Å². The number of aromatic nitrogens is 4. The van der Waals surface area contributed by atoms with E-state index in [9.17, 15) is 9.59 Å². The van der Waals surface area contributed by atoms with Crippen LogP contribution in [0.5, 0.6) is 0 Å². The van der Waals surface area contributed by atoms with Crippen molar-refractivity contribution in [3.05, 3.63) is 63.3 Å². The number of benzene rings is 1. The molecule has 0 unspecified atom stereocenters. The molecule has 2 heterocycles. The van der Waals surface area contributed by atoms with E-state index in [2.05, 4.69) is 57.1 Å². The molecule has 144 valence electrons. The van der Waals surface area contributed by atoms with Gasteiger partial charge in [0, 0.05) is 5.69 Å². The molecule has 1 amide bonds. The lowest BCUT2D eigenvalue weighted by atomic mass is 10.3. The molecule has 0 aliphatic heterocycles. The molecule has 0 bridgehead atoms. The van der Waals surface area contributed by atoms with Crippen LogP contribution in [0.25, 0.3) is 0 Å². The number of para-hydroxylation sites is 1. The number of aromatic carboxylic acids is 1. The Balaban J connectivity index is 0.000000221. The predicted molar refractivity (Wildman–Crippen MR) is 110 cm³/mol. The lowest BCUT2D eigenvalue weighted by Gasteiger charge is -2.06. The minimum atomic E-state index is -1.18. The maximum Gasteiger partial charge on any atom is 0.358 e. The number of hydrogen-bond acceptors (Lipinski definition) is 8. The zero-order valence-electron chi connectivity index (χ0n) is 14.0. The van der Waals surface area contributed by atoms with Gasteiger partial charge in [-0.1, -0.05) is 18.2 Å². The maximum absolute atomic E-state index is 11.9. The van der Waals surface area contributed by atoms with Gasteiger partial charge in [-0.25, -0.2) is 24.7 Å². The van der Waals surface area contributed by atoms with E-state index < -0.39 is 5.97 Å². The summed E-state index contributed by atoms with van der Waals surface area (Å²) in [5.74, 6) is -1.55. The Kier molecular flexibility index (Phi) is 7.35. The Labute approximate surface area is 175 Å². The Morgan fingerprint density at radius 2 is 1.39 bits per heavy atom. The molecule has 0 atom stereocenters. The fraction of sp³-hybridized carbons (Fsp3) is 0. The molecule has 0 fully saturated rings. The average molecular weight is 511 g/mol. The number of carbonyl (C=O) groups is 2. The Hall–Kier alpha value is -3.12. The average Bonchev–Trinajstić information content (AvgIpc) is 2.66. The van der Waals surface area contributed by atoms with Gasteiger partial charge in [-0.3, -0.25) is 4.79 Å².